The van der Waals surface area contributed by atoms with Crippen LogP contribution >= 0.6 is 0 Å². The van der Waals surface area contributed by atoms with Crippen molar-refractivity contribution in [2.24, 2.45) is 5.92 Å². The number of nitrogens with zero attached hydrogens (tertiary/aromatic N) is 3. The summed E-state index contributed by atoms with van der Waals surface area (Å²) in [5, 5.41) is 3.02. The molecule has 1 aromatic heterocycles. The lowest BCUT2D eigenvalue weighted by Crippen LogP contribution is -2.41. The fourth-order valence-corrected chi connectivity index (χ4v) is 3.29. The van der Waals surface area contributed by atoms with Gasteiger partial charge in [-0.25, -0.2) is 4.98 Å². The molecule has 1 atom stereocenters. The molecule has 1 aromatic carbocycles. The number of anilines is 1. The van der Waals surface area contributed by atoms with Crippen LogP contribution in [0.4, 0.5) is 5.95 Å². The highest BCUT2D eigenvalue weighted by atomic mass is 16.5. The topological polar surface area (TPSA) is 85.8 Å². The molecule has 1 fully saturated rings. The second-order valence-corrected chi connectivity index (χ2v) is 6.66. The molecule has 0 bridgehead atoms. The highest BCUT2D eigenvalue weighted by Gasteiger charge is 2.23. The van der Waals surface area contributed by atoms with Crippen LogP contribution in [0.1, 0.15) is 23.2 Å². The van der Waals surface area contributed by atoms with Crippen molar-refractivity contribution in [1.82, 2.24) is 15.3 Å². The Balaban J connectivity index is 1.60. The maximum absolute atomic E-state index is 12.6. The summed E-state index contributed by atoms with van der Waals surface area (Å²) < 4.78 is 15.6. The smallest absolute Gasteiger partial charge is 0.251 e. The van der Waals surface area contributed by atoms with Crippen LogP contribution in [0.15, 0.2) is 30.5 Å². The number of carbonyl (C=O) groups excluding carboxylic acids is 1. The van der Waals surface area contributed by atoms with E-state index >= 15 is 0 Å². The first-order chi connectivity index (χ1) is 13.6. The largest absolute Gasteiger partial charge is 0.497 e. The first-order valence-corrected chi connectivity index (χ1v) is 9.26. The summed E-state index contributed by atoms with van der Waals surface area (Å²) in [5.41, 5.74) is 0.514. The molecule has 150 valence electrons. The summed E-state index contributed by atoms with van der Waals surface area (Å²) >= 11 is 0. The van der Waals surface area contributed by atoms with Gasteiger partial charge in [0.15, 0.2) is 0 Å². The third kappa shape index (κ3) is 4.82. The van der Waals surface area contributed by atoms with Crippen LogP contribution in [0, 0.1) is 5.92 Å². The highest BCUT2D eigenvalue weighted by molar-refractivity contribution is 5.95. The summed E-state index contributed by atoms with van der Waals surface area (Å²) in [5.74, 6) is 2.55. The molecule has 2 aromatic rings. The molecule has 1 aliphatic heterocycles. The maximum atomic E-state index is 12.6. The Kier molecular flexibility index (Phi) is 6.52. The summed E-state index contributed by atoms with van der Waals surface area (Å²) in [6.45, 7) is 2.26. The summed E-state index contributed by atoms with van der Waals surface area (Å²) in [4.78, 5) is 23.5. The first kappa shape index (κ1) is 19.7. The summed E-state index contributed by atoms with van der Waals surface area (Å²) in [6.07, 6.45) is 3.76. The van der Waals surface area contributed by atoms with Gasteiger partial charge in [-0.3, -0.25) is 4.79 Å². The number of hydrogen-bond acceptors (Lipinski definition) is 7. The number of amides is 1. The Labute approximate surface area is 164 Å². The van der Waals surface area contributed by atoms with Gasteiger partial charge in [-0.1, -0.05) is 0 Å². The minimum absolute atomic E-state index is 0.146. The fourth-order valence-electron chi connectivity index (χ4n) is 3.29. The van der Waals surface area contributed by atoms with E-state index < -0.39 is 0 Å². The predicted molar refractivity (Wildman–Crippen MR) is 105 cm³/mol. The molecule has 1 amide bonds. The van der Waals surface area contributed by atoms with Gasteiger partial charge in [0, 0.05) is 43.5 Å². The van der Waals surface area contributed by atoms with Crippen molar-refractivity contribution in [2.45, 2.75) is 12.8 Å². The Bertz CT molecular complexity index is 792. The van der Waals surface area contributed by atoms with Gasteiger partial charge < -0.3 is 24.4 Å². The van der Waals surface area contributed by atoms with Crippen molar-refractivity contribution in [2.75, 3.05) is 45.9 Å². The fraction of sp³-hybridized carbons (Fsp3) is 0.450. The normalized spacial score (nSPS) is 16.4. The Morgan fingerprint density at radius 1 is 1.18 bits per heavy atom. The van der Waals surface area contributed by atoms with Gasteiger partial charge >= 0.3 is 0 Å². The number of piperidine rings is 1. The first-order valence-electron chi connectivity index (χ1n) is 9.26. The molecule has 3 rings (SSSR count). The molecule has 1 N–H and O–H groups in total. The molecule has 8 heteroatoms. The molecule has 0 aliphatic carbocycles. The van der Waals surface area contributed by atoms with Gasteiger partial charge in [0.05, 0.1) is 21.3 Å². The van der Waals surface area contributed by atoms with Gasteiger partial charge in [0.25, 0.3) is 5.91 Å². The van der Waals surface area contributed by atoms with E-state index in [4.69, 9.17) is 14.2 Å². The molecular weight excluding hydrogens is 360 g/mol. The van der Waals surface area contributed by atoms with Gasteiger partial charge in [-0.15, -0.1) is 0 Å². The number of carbonyl (C=O) groups is 1. The average Bonchev–Trinajstić information content (AvgIpc) is 2.77. The minimum Gasteiger partial charge on any atom is -0.497 e. The number of nitrogens with one attached hydrogen (secondary N) is 1. The molecule has 28 heavy (non-hydrogen) atoms. The number of rotatable bonds is 7. The van der Waals surface area contributed by atoms with Crippen molar-refractivity contribution in [3.05, 3.63) is 36.0 Å². The van der Waals surface area contributed by atoms with E-state index in [-0.39, 0.29) is 5.91 Å². The molecule has 0 saturated carbocycles. The second-order valence-electron chi connectivity index (χ2n) is 6.66. The SMILES string of the molecule is COc1cc(OC)cc(C(=O)NCC2CCCN(c3nccc(OC)n3)C2)c1. The van der Waals surface area contributed by atoms with Gasteiger partial charge in [0.2, 0.25) is 11.8 Å². The van der Waals surface area contributed by atoms with Crippen LogP contribution in [0.5, 0.6) is 17.4 Å². The van der Waals surface area contributed by atoms with E-state index in [2.05, 4.69) is 20.2 Å². The van der Waals surface area contributed by atoms with Gasteiger partial charge in [-0.2, -0.15) is 4.98 Å². The Morgan fingerprint density at radius 3 is 2.61 bits per heavy atom. The Hall–Kier alpha value is -3.03. The third-order valence-electron chi connectivity index (χ3n) is 4.79. The third-order valence-corrected chi connectivity index (χ3v) is 4.79. The van der Waals surface area contributed by atoms with E-state index in [1.165, 1.54) is 0 Å². The minimum atomic E-state index is -0.146. The van der Waals surface area contributed by atoms with Crippen molar-refractivity contribution in [3.8, 4) is 17.4 Å². The van der Waals surface area contributed by atoms with Crippen molar-refractivity contribution in [3.63, 3.8) is 0 Å². The number of aromatic nitrogens is 2. The zero-order valence-electron chi connectivity index (χ0n) is 16.5. The number of hydrogen-bond donors (Lipinski definition) is 1. The molecule has 1 saturated heterocycles. The second kappa shape index (κ2) is 9.25. The molecule has 1 aliphatic rings. The van der Waals surface area contributed by atoms with E-state index in [0.717, 1.165) is 25.9 Å². The molecule has 8 nitrogen and oxygen atoms in total. The van der Waals surface area contributed by atoms with Crippen molar-refractivity contribution in [1.29, 1.82) is 0 Å². The Morgan fingerprint density at radius 2 is 1.93 bits per heavy atom. The maximum Gasteiger partial charge on any atom is 0.251 e. The molecule has 1 unspecified atom stereocenters. The standard InChI is InChI=1S/C20H26N4O4/c1-26-16-9-15(10-17(11-16)27-2)19(25)22-12-14-5-4-8-24(13-14)20-21-7-6-18(23-20)28-3/h6-7,9-11,14H,4-5,8,12-13H2,1-3H3,(H,22,25). The lowest BCUT2D eigenvalue weighted by molar-refractivity contribution is 0.0945. The molecular formula is C20H26N4O4. The molecule has 2 heterocycles. The van der Waals surface area contributed by atoms with Crippen LogP contribution in [0.2, 0.25) is 0 Å². The zero-order chi connectivity index (χ0) is 19.9. The van der Waals surface area contributed by atoms with Gasteiger partial charge in [-0.05, 0) is 30.9 Å². The molecule has 0 radical (unpaired) electrons. The van der Waals surface area contributed by atoms with E-state index in [9.17, 15) is 4.79 Å². The lowest BCUT2D eigenvalue weighted by atomic mass is 9.98. The van der Waals surface area contributed by atoms with Crippen LogP contribution in [0.3, 0.4) is 0 Å². The van der Waals surface area contributed by atoms with Crippen LogP contribution in [-0.2, 0) is 0 Å². The monoisotopic (exact) mass is 386 g/mol. The lowest BCUT2D eigenvalue weighted by Gasteiger charge is -2.32. The number of benzene rings is 1. The van der Waals surface area contributed by atoms with Crippen LogP contribution in [-0.4, -0.2) is 56.8 Å². The summed E-state index contributed by atoms with van der Waals surface area (Å²) in [6, 6.07) is 6.88. The van der Waals surface area contributed by atoms with Gasteiger partial charge in [0.1, 0.15) is 11.5 Å². The van der Waals surface area contributed by atoms with E-state index in [0.29, 0.717) is 41.4 Å². The number of ether oxygens (including phenoxy) is 3. The quantitative estimate of drug-likeness (QED) is 0.780. The molecule has 0 spiro atoms. The van der Waals surface area contributed by atoms with E-state index in [1.807, 2.05) is 0 Å². The number of methoxy groups -OCH3 is 3. The zero-order valence-corrected chi connectivity index (χ0v) is 16.5. The summed E-state index contributed by atoms with van der Waals surface area (Å²) in [7, 11) is 4.72. The van der Waals surface area contributed by atoms with Crippen molar-refractivity contribution < 1.29 is 19.0 Å². The van der Waals surface area contributed by atoms with E-state index in [1.54, 1.807) is 51.8 Å². The van der Waals surface area contributed by atoms with Crippen molar-refractivity contribution >= 4 is 11.9 Å². The van der Waals surface area contributed by atoms with Crippen LogP contribution in [0.25, 0.3) is 0 Å². The average molecular weight is 386 g/mol. The predicted octanol–water partition coefficient (Wildman–Crippen LogP) is 2.15. The van der Waals surface area contributed by atoms with Crippen LogP contribution < -0.4 is 24.4 Å². The highest BCUT2D eigenvalue weighted by Crippen LogP contribution is 2.23.